The molecular weight excluding hydrogens is 322 g/mol. The van der Waals surface area contributed by atoms with Gasteiger partial charge in [-0.15, -0.1) is 10.2 Å². The Morgan fingerprint density at radius 1 is 1.16 bits per heavy atom. The van der Waals surface area contributed by atoms with Crippen molar-refractivity contribution in [3.63, 3.8) is 0 Å². The topological polar surface area (TPSA) is 86.5 Å². The van der Waals surface area contributed by atoms with Crippen LogP contribution in [-0.4, -0.2) is 30.3 Å². The van der Waals surface area contributed by atoms with Crippen molar-refractivity contribution in [1.82, 2.24) is 10.2 Å². The number of carbonyl (C=O) groups excluding carboxylic acids is 1. The fourth-order valence-corrected chi connectivity index (χ4v) is 2.41. The number of hydrogen-bond donors (Lipinski definition) is 1. The summed E-state index contributed by atoms with van der Waals surface area (Å²) < 4.78 is 15.7. The molecule has 128 valence electrons. The van der Waals surface area contributed by atoms with Gasteiger partial charge in [-0.3, -0.25) is 4.79 Å². The summed E-state index contributed by atoms with van der Waals surface area (Å²) in [6, 6.07) is 12.6. The number of amides is 1. The molecule has 0 atom stereocenters. The van der Waals surface area contributed by atoms with E-state index in [4.69, 9.17) is 13.9 Å². The second-order valence-electron chi connectivity index (χ2n) is 5.24. The zero-order chi connectivity index (χ0) is 17.6. The maximum atomic E-state index is 12.3. The molecule has 3 rings (SSSR count). The van der Waals surface area contributed by atoms with Gasteiger partial charge in [-0.2, -0.15) is 0 Å². The van der Waals surface area contributed by atoms with Crippen LogP contribution in [0.4, 0.5) is 5.69 Å². The smallest absolute Gasteiger partial charge is 0.251 e. The van der Waals surface area contributed by atoms with Gasteiger partial charge in [0, 0.05) is 11.8 Å². The van der Waals surface area contributed by atoms with Crippen molar-refractivity contribution in [1.29, 1.82) is 0 Å². The monoisotopic (exact) mass is 339 g/mol. The lowest BCUT2D eigenvalue weighted by Gasteiger charge is -2.10. The quantitative estimate of drug-likeness (QED) is 0.743. The molecule has 25 heavy (non-hydrogen) atoms. The Balaban J connectivity index is 1.73. The molecule has 0 saturated carbocycles. The summed E-state index contributed by atoms with van der Waals surface area (Å²) in [5.41, 5.74) is 2.14. The van der Waals surface area contributed by atoms with E-state index >= 15 is 0 Å². The number of methoxy groups -OCH3 is 2. The van der Waals surface area contributed by atoms with Crippen molar-refractivity contribution in [2.75, 3.05) is 19.5 Å². The zero-order valence-corrected chi connectivity index (χ0v) is 13.9. The van der Waals surface area contributed by atoms with Gasteiger partial charge in [-0.1, -0.05) is 12.1 Å². The van der Waals surface area contributed by atoms with Crippen molar-refractivity contribution in [3.8, 4) is 23.0 Å². The molecule has 0 bridgehead atoms. The molecule has 0 fully saturated rings. The highest BCUT2D eigenvalue weighted by Crippen LogP contribution is 2.31. The van der Waals surface area contributed by atoms with Crippen molar-refractivity contribution < 1.29 is 18.7 Å². The van der Waals surface area contributed by atoms with Crippen LogP contribution in [0.2, 0.25) is 0 Å². The molecule has 2 aromatic carbocycles. The van der Waals surface area contributed by atoms with Crippen LogP contribution >= 0.6 is 0 Å². The average molecular weight is 339 g/mol. The van der Waals surface area contributed by atoms with Crippen LogP contribution in [0, 0.1) is 0 Å². The molecular formula is C18H17N3O4. The van der Waals surface area contributed by atoms with Crippen LogP contribution in [0.5, 0.6) is 11.5 Å². The van der Waals surface area contributed by atoms with Gasteiger partial charge in [-0.25, -0.2) is 0 Å². The Hall–Kier alpha value is -3.35. The second kappa shape index (κ2) is 7.48. The molecule has 1 heterocycles. The zero-order valence-electron chi connectivity index (χ0n) is 13.9. The predicted molar refractivity (Wildman–Crippen MR) is 91.6 cm³/mol. The Morgan fingerprint density at radius 2 is 2.04 bits per heavy atom. The lowest BCUT2D eigenvalue weighted by Crippen LogP contribution is -2.14. The van der Waals surface area contributed by atoms with Gasteiger partial charge in [0.1, 0.15) is 11.5 Å². The van der Waals surface area contributed by atoms with Gasteiger partial charge in [0.25, 0.3) is 5.89 Å². The Morgan fingerprint density at radius 3 is 2.76 bits per heavy atom. The van der Waals surface area contributed by atoms with E-state index in [1.807, 2.05) is 24.3 Å². The van der Waals surface area contributed by atoms with Crippen LogP contribution in [0.15, 0.2) is 53.3 Å². The molecule has 0 aliphatic heterocycles. The van der Waals surface area contributed by atoms with E-state index in [0.29, 0.717) is 22.9 Å². The highest BCUT2D eigenvalue weighted by Gasteiger charge is 2.13. The van der Waals surface area contributed by atoms with Crippen molar-refractivity contribution in [2.45, 2.75) is 6.42 Å². The van der Waals surface area contributed by atoms with Gasteiger partial charge in [0.2, 0.25) is 12.3 Å². The van der Waals surface area contributed by atoms with Crippen LogP contribution in [-0.2, 0) is 11.2 Å². The minimum atomic E-state index is -0.138. The van der Waals surface area contributed by atoms with Gasteiger partial charge in [0.05, 0.1) is 26.2 Å². The van der Waals surface area contributed by atoms with E-state index in [9.17, 15) is 4.79 Å². The summed E-state index contributed by atoms with van der Waals surface area (Å²) in [4.78, 5) is 12.3. The van der Waals surface area contributed by atoms with Crippen LogP contribution in [0.25, 0.3) is 11.5 Å². The van der Waals surface area contributed by atoms with Gasteiger partial charge < -0.3 is 19.2 Å². The number of ether oxygens (including phenoxy) is 2. The van der Waals surface area contributed by atoms with Gasteiger partial charge in [0.15, 0.2) is 0 Å². The van der Waals surface area contributed by atoms with E-state index in [-0.39, 0.29) is 12.3 Å². The normalized spacial score (nSPS) is 10.3. The highest BCUT2D eigenvalue weighted by molar-refractivity contribution is 5.93. The van der Waals surface area contributed by atoms with E-state index in [0.717, 1.165) is 11.3 Å². The van der Waals surface area contributed by atoms with E-state index < -0.39 is 0 Å². The molecule has 0 unspecified atom stereocenters. The Kier molecular flexibility index (Phi) is 4.94. The molecule has 1 aromatic heterocycles. The lowest BCUT2D eigenvalue weighted by atomic mass is 10.1. The number of aromatic nitrogens is 2. The number of nitrogens with one attached hydrogen (secondary N) is 1. The number of nitrogens with zero attached hydrogens (tertiary/aromatic N) is 2. The first-order valence-electron chi connectivity index (χ1n) is 7.57. The molecule has 0 aliphatic carbocycles. The highest BCUT2D eigenvalue weighted by atomic mass is 16.5. The predicted octanol–water partition coefficient (Wildman–Crippen LogP) is 2.94. The fraction of sp³-hybridized carbons (Fsp3) is 0.167. The average Bonchev–Trinajstić information content (AvgIpc) is 3.16. The standard InChI is InChI=1S/C18H17N3O4/c1-23-14-5-3-4-12(8-14)9-17(22)20-13-6-7-15(16(10-13)24-2)18-21-19-11-25-18/h3-8,10-11H,9H2,1-2H3,(H,20,22). The largest absolute Gasteiger partial charge is 0.497 e. The molecule has 7 heteroatoms. The summed E-state index contributed by atoms with van der Waals surface area (Å²) >= 11 is 0. The molecule has 1 amide bonds. The van der Waals surface area contributed by atoms with E-state index in [2.05, 4.69) is 15.5 Å². The van der Waals surface area contributed by atoms with Crippen LogP contribution < -0.4 is 14.8 Å². The molecule has 3 aromatic rings. The van der Waals surface area contributed by atoms with E-state index in [1.54, 1.807) is 25.3 Å². The summed E-state index contributed by atoms with van der Waals surface area (Å²) in [5.74, 6) is 1.46. The third-order valence-electron chi connectivity index (χ3n) is 3.57. The molecule has 7 nitrogen and oxygen atoms in total. The van der Waals surface area contributed by atoms with Crippen molar-refractivity contribution in [2.24, 2.45) is 0 Å². The minimum absolute atomic E-state index is 0.138. The Bertz CT molecular complexity index is 863. The van der Waals surface area contributed by atoms with Crippen LogP contribution in [0.1, 0.15) is 5.56 Å². The first-order valence-corrected chi connectivity index (χ1v) is 7.57. The van der Waals surface area contributed by atoms with E-state index in [1.165, 1.54) is 13.5 Å². The number of anilines is 1. The van der Waals surface area contributed by atoms with Gasteiger partial charge >= 0.3 is 0 Å². The van der Waals surface area contributed by atoms with Crippen molar-refractivity contribution >= 4 is 11.6 Å². The summed E-state index contributed by atoms with van der Waals surface area (Å²) in [7, 11) is 3.13. The van der Waals surface area contributed by atoms with Crippen LogP contribution in [0.3, 0.4) is 0 Å². The van der Waals surface area contributed by atoms with Crippen molar-refractivity contribution in [3.05, 3.63) is 54.4 Å². The maximum absolute atomic E-state index is 12.3. The molecule has 0 saturated heterocycles. The summed E-state index contributed by atoms with van der Waals surface area (Å²) in [6.45, 7) is 0. The minimum Gasteiger partial charge on any atom is -0.497 e. The molecule has 0 radical (unpaired) electrons. The first-order chi connectivity index (χ1) is 12.2. The number of benzene rings is 2. The first kappa shape index (κ1) is 16.5. The summed E-state index contributed by atoms with van der Waals surface area (Å²) in [5, 5.41) is 10.4. The fourth-order valence-electron chi connectivity index (χ4n) is 2.41. The number of hydrogen-bond acceptors (Lipinski definition) is 6. The molecule has 1 N–H and O–H groups in total. The Labute approximate surface area is 144 Å². The maximum Gasteiger partial charge on any atom is 0.251 e. The third-order valence-corrected chi connectivity index (χ3v) is 3.57. The SMILES string of the molecule is COc1cccc(CC(=O)Nc2ccc(-c3nnco3)c(OC)c2)c1. The molecule has 0 aliphatic rings. The lowest BCUT2D eigenvalue weighted by molar-refractivity contribution is -0.115. The second-order valence-corrected chi connectivity index (χ2v) is 5.24. The number of rotatable bonds is 6. The molecule has 0 spiro atoms. The number of carbonyl (C=O) groups is 1. The van der Waals surface area contributed by atoms with Gasteiger partial charge in [-0.05, 0) is 29.8 Å². The third kappa shape index (κ3) is 3.95. The summed E-state index contributed by atoms with van der Waals surface area (Å²) in [6.07, 6.45) is 1.49.